The average molecular weight is 351 g/mol. The topological polar surface area (TPSA) is 64.9 Å². The average Bonchev–Trinajstić information content (AvgIpc) is 3.29. The zero-order valence-corrected chi connectivity index (χ0v) is 14.7. The Bertz CT molecular complexity index is 1010. The normalized spacial score (nSPS) is 12.2. The Hall–Kier alpha value is -2.93. The maximum absolute atomic E-state index is 5.57. The van der Waals surface area contributed by atoms with Crippen LogP contribution < -0.4 is 10.1 Å². The third-order valence-electron chi connectivity index (χ3n) is 4.09. The fraction of sp³-hybridized carbons (Fsp3) is 0.167. The van der Waals surface area contributed by atoms with Crippen molar-refractivity contribution in [2.24, 2.45) is 7.05 Å². The van der Waals surface area contributed by atoms with Crippen LogP contribution in [0.15, 0.2) is 54.4 Å². The first-order valence-electron chi connectivity index (χ1n) is 7.83. The van der Waals surface area contributed by atoms with Crippen LogP contribution in [0.2, 0.25) is 0 Å². The number of ether oxygens (including phenoxy) is 1. The summed E-state index contributed by atoms with van der Waals surface area (Å²) in [5, 5.41) is 5.56. The molecule has 0 amide bonds. The zero-order valence-electron chi connectivity index (χ0n) is 13.9. The molecule has 1 atom stereocenters. The van der Waals surface area contributed by atoms with Gasteiger partial charge < -0.3 is 14.6 Å². The van der Waals surface area contributed by atoms with Gasteiger partial charge in [-0.3, -0.25) is 0 Å². The molecule has 0 unspecified atom stereocenters. The Morgan fingerprint density at radius 1 is 1.16 bits per heavy atom. The predicted octanol–water partition coefficient (Wildman–Crippen LogP) is 3.63. The van der Waals surface area contributed by atoms with Gasteiger partial charge in [-0.1, -0.05) is 18.2 Å². The van der Waals surface area contributed by atoms with E-state index in [0.717, 1.165) is 33.2 Å². The molecule has 3 heterocycles. The van der Waals surface area contributed by atoms with E-state index in [0.29, 0.717) is 0 Å². The van der Waals surface area contributed by atoms with Gasteiger partial charge in [0.05, 0.1) is 17.3 Å². The van der Waals surface area contributed by atoms with Gasteiger partial charge in [-0.15, -0.1) is 11.3 Å². The molecule has 7 heteroatoms. The van der Waals surface area contributed by atoms with Crippen LogP contribution >= 0.6 is 11.3 Å². The lowest BCUT2D eigenvalue weighted by Crippen LogP contribution is -2.18. The number of benzene rings is 1. The number of hydrogen-bond donors (Lipinski definition) is 1. The minimum absolute atomic E-state index is 0.198. The Balaban J connectivity index is 1.84. The molecule has 4 rings (SSSR count). The third-order valence-corrected chi connectivity index (χ3v) is 5.00. The van der Waals surface area contributed by atoms with Crippen molar-refractivity contribution in [1.29, 1.82) is 0 Å². The van der Waals surface area contributed by atoms with E-state index in [4.69, 9.17) is 4.74 Å². The lowest BCUT2D eigenvalue weighted by atomic mass is 10.0. The van der Waals surface area contributed by atoms with Gasteiger partial charge in [0.2, 0.25) is 0 Å². The van der Waals surface area contributed by atoms with E-state index in [1.165, 1.54) is 0 Å². The number of hydrogen-bond acceptors (Lipinski definition) is 6. The maximum Gasteiger partial charge on any atom is 0.148 e. The number of anilines is 1. The Morgan fingerprint density at radius 3 is 2.84 bits per heavy atom. The molecule has 1 aromatic carbocycles. The van der Waals surface area contributed by atoms with Crippen molar-refractivity contribution < 1.29 is 4.74 Å². The fourth-order valence-electron chi connectivity index (χ4n) is 2.87. The second-order valence-corrected chi connectivity index (χ2v) is 6.49. The third kappa shape index (κ3) is 2.83. The predicted molar refractivity (Wildman–Crippen MR) is 99.1 cm³/mol. The number of aryl methyl sites for hydroxylation is 1. The monoisotopic (exact) mass is 351 g/mol. The molecular weight excluding hydrogens is 334 g/mol. The summed E-state index contributed by atoms with van der Waals surface area (Å²) in [5.41, 5.74) is 1.93. The molecule has 6 nitrogen and oxygen atoms in total. The van der Waals surface area contributed by atoms with Crippen LogP contribution in [0.3, 0.4) is 0 Å². The molecule has 25 heavy (non-hydrogen) atoms. The lowest BCUT2D eigenvalue weighted by molar-refractivity contribution is 0.408. The molecule has 0 aliphatic heterocycles. The number of imidazole rings is 1. The molecule has 4 aromatic rings. The molecule has 126 valence electrons. The van der Waals surface area contributed by atoms with E-state index in [9.17, 15) is 0 Å². The minimum Gasteiger partial charge on any atom is -0.496 e. The number of fused-ring (bicyclic) bond motifs is 1. The molecule has 0 spiro atoms. The molecule has 0 saturated heterocycles. The number of nitrogens with one attached hydrogen (secondary N) is 1. The van der Waals surface area contributed by atoms with Crippen molar-refractivity contribution in [2.75, 3.05) is 12.4 Å². The van der Waals surface area contributed by atoms with E-state index in [2.05, 4.69) is 20.3 Å². The minimum atomic E-state index is -0.198. The highest BCUT2D eigenvalue weighted by atomic mass is 32.1. The zero-order chi connectivity index (χ0) is 17.2. The van der Waals surface area contributed by atoms with Gasteiger partial charge in [0.1, 0.15) is 29.8 Å². The first-order valence-corrected chi connectivity index (χ1v) is 8.71. The first kappa shape index (κ1) is 15.6. The fourth-order valence-corrected chi connectivity index (χ4v) is 3.67. The van der Waals surface area contributed by atoms with Crippen LogP contribution in [0, 0.1) is 0 Å². The molecule has 0 aliphatic rings. The van der Waals surface area contributed by atoms with Crippen LogP contribution in [0.4, 0.5) is 5.82 Å². The highest BCUT2D eigenvalue weighted by Crippen LogP contribution is 2.34. The van der Waals surface area contributed by atoms with E-state index in [-0.39, 0.29) is 6.04 Å². The lowest BCUT2D eigenvalue weighted by Gasteiger charge is -2.21. The van der Waals surface area contributed by atoms with Gasteiger partial charge in [-0.05, 0) is 17.5 Å². The van der Waals surface area contributed by atoms with Crippen molar-refractivity contribution in [3.8, 4) is 5.75 Å². The van der Waals surface area contributed by atoms with Crippen molar-refractivity contribution in [1.82, 2.24) is 19.5 Å². The van der Waals surface area contributed by atoms with Crippen molar-refractivity contribution in [3.63, 3.8) is 0 Å². The summed E-state index contributed by atoms with van der Waals surface area (Å²) in [6, 6.07) is 9.74. The number of nitrogens with zero attached hydrogens (tertiary/aromatic N) is 4. The molecule has 0 bridgehead atoms. The SMILES string of the molecule is COc1ccccc1[C@H](Nc1ncnc2ccsc12)c1nccn1C. The number of thiophene rings is 1. The molecule has 1 N–H and O–H groups in total. The van der Waals surface area contributed by atoms with Crippen LogP contribution in [0.1, 0.15) is 17.4 Å². The molecule has 0 aliphatic carbocycles. The number of rotatable bonds is 5. The van der Waals surface area contributed by atoms with Gasteiger partial charge in [-0.2, -0.15) is 0 Å². The van der Waals surface area contributed by atoms with Crippen molar-refractivity contribution >= 4 is 27.4 Å². The second-order valence-electron chi connectivity index (χ2n) is 5.57. The van der Waals surface area contributed by atoms with E-state index < -0.39 is 0 Å². The summed E-state index contributed by atoms with van der Waals surface area (Å²) in [6.07, 6.45) is 5.30. The number of methoxy groups -OCH3 is 1. The molecular formula is C18H17N5OS. The largest absolute Gasteiger partial charge is 0.496 e. The maximum atomic E-state index is 5.57. The van der Waals surface area contributed by atoms with Crippen molar-refractivity contribution in [2.45, 2.75) is 6.04 Å². The smallest absolute Gasteiger partial charge is 0.148 e. The highest BCUT2D eigenvalue weighted by Gasteiger charge is 2.23. The second kappa shape index (κ2) is 6.52. The molecule has 0 saturated carbocycles. The van der Waals surface area contributed by atoms with E-state index in [1.54, 1.807) is 31.0 Å². The van der Waals surface area contributed by atoms with Crippen LogP contribution in [-0.2, 0) is 7.05 Å². The summed E-state index contributed by atoms with van der Waals surface area (Å²) in [7, 11) is 3.66. The standard InChI is InChI=1S/C18H17N5OS/c1-23-9-8-19-18(23)15(12-5-3-4-6-14(12)24-2)22-17-16-13(7-10-25-16)20-11-21-17/h3-11,15H,1-2H3,(H,20,21,22)/t15-/m0/s1. The highest BCUT2D eigenvalue weighted by molar-refractivity contribution is 7.17. The number of aromatic nitrogens is 4. The molecule has 3 aromatic heterocycles. The summed E-state index contributed by atoms with van der Waals surface area (Å²) in [5.74, 6) is 2.48. The van der Waals surface area contributed by atoms with Gasteiger partial charge in [-0.25, -0.2) is 15.0 Å². The van der Waals surface area contributed by atoms with Crippen molar-refractivity contribution in [3.05, 3.63) is 65.8 Å². The molecule has 0 fully saturated rings. The van der Waals surface area contributed by atoms with Crippen LogP contribution in [0.5, 0.6) is 5.75 Å². The Labute approximate surface area is 149 Å². The van der Waals surface area contributed by atoms with E-state index >= 15 is 0 Å². The summed E-state index contributed by atoms with van der Waals surface area (Å²) in [6.45, 7) is 0. The summed E-state index contributed by atoms with van der Waals surface area (Å²) < 4.78 is 8.59. The van der Waals surface area contributed by atoms with Gasteiger partial charge >= 0.3 is 0 Å². The summed E-state index contributed by atoms with van der Waals surface area (Å²) in [4.78, 5) is 13.3. The first-order chi connectivity index (χ1) is 12.3. The summed E-state index contributed by atoms with van der Waals surface area (Å²) >= 11 is 1.62. The number of para-hydroxylation sites is 1. The Morgan fingerprint density at radius 2 is 2.04 bits per heavy atom. The molecule has 0 radical (unpaired) electrons. The van der Waals surface area contributed by atoms with Crippen LogP contribution in [-0.4, -0.2) is 26.6 Å². The quantitative estimate of drug-likeness (QED) is 0.595. The van der Waals surface area contributed by atoms with E-state index in [1.807, 2.05) is 53.5 Å². The van der Waals surface area contributed by atoms with Gasteiger partial charge in [0.15, 0.2) is 0 Å². The van der Waals surface area contributed by atoms with Crippen LogP contribution in [0.25, 0.3) is 10.2 Å². The Kier molecular flexibility index (Phi) is 4.07. The van der Waals surface area contributed by atoms with Gasteiger partial charge in [0.25, 0.3) is 0 Å². The van der Waals surface area contributed by atoms with Gasteiger partial charge in [0, 0.05) is 25.0 Å².